The van der Waals surface area contributed by atoms with Gasteiger partial charge in [-0.1, -0.05) is 0 Å². The lowest BCUT2D eigenvalue weighted by molar-refractivity contribution is -0.306. The molecule has 2 heteroatoms. The molecular weight excluding hydrogens is 80.0 g/mol. The van der Waals surface area contributed by atoms with Gasteiger partial charge in [-0.05, 0) is 20.8 Å². The monoisotopic (exact) mass is 92.1 g/mol. The Hall–Kier alpha value is -0.0800. The summed E-state index contributed by atoms with van der Waals surface area (Å²) in [5.74, 6) is 0. The zero-order chi connectivity index (χ0) is 5.91. The molecule has 0 aliphatic rings. The van der Waals surface area contributed by atoms with Gasteiger partial charge in [-0.3, -0.25) is 5.26 Å². The molecule has 0 heterocycles. The normalized spacial score (nSPS) is 14.2. The van der Waals surface area contributed by atoms with Crippen molar-refractivity contribution in [3.05, 3.63) is 0 Å². The summed E-state index contributed by atoms with van der Waals surface area (Å²) >= 11 is 0. The fraction of sp³-hybridized carbons (Fsp3) is 1.00. The van der Waals surface area contributed by atoms with Gasteiger partial charge in [-0.15, -0.1) is 0 Å². The third kappa shape index (κ3) is 3.92. The third-order valence-corrected chi connectivity index (χ3v) is 0.250. The molecule has 0 aromatic rings. The lowest BCUT2D eigenvalue weighted by atomic mass is 10.2. The zero-order valence-corrected chi connectivity index (χ0v) is 4.32. The van der Waals surface area contributed by atoms with Gasteiger partial charge in [-0.2, -0.15) is 0 Å². The first-order valence-corrected chi connectivity index (χ1v) is 1.87. The standard InChI is InChI=1S/C4H10O2/c1-4(2,3)6-5/h5H,1-3H3/i/hT. The van der Waals surface area contributed by atoms with Crippen LogP contribution in [0.25, 0.3) is 1.43 Å². The second kappa shape index (κ2) is 1.58. The summed E-state index contributed by atoms with van der Waals surface area (Å²) in [7, 11) is 0. The molecule has 0 bridgehead atoms. The van der Waals surface area contributed by atoms with Crippen molar-refractivity contribution in [1.29, 1.82) is 1.43 Å². The third-order valence-electron chi connectivity index (χ3n) is 0.250. The molecule has 38 valence electrons. The van der Waals surface area contributed by atoms with E-state index in [0.717, 1.165) is 0 Å². The fourth-order valence-electron chi connectivity index (χ4n) is 0. The predicted molar refractivity (Wildman–Crippen MR) is 23.5 cm³/mol. The number of hydrogen-bond acceptors (Lipinski definition) is 2. The van der Waals surface area contributed by atoms with Crippen LogP contribution in [0.2, 0.25) is 0 Å². The molecule has 0 aliphatic heterocycles. The quantitative estimate of drug-likeness (QED) is 0.390. The summed E-state index contributed by atoms with van der Waals surface area (Å²) in [5.41, 5.74) is -0.359. The number of rotatable bonds is 1. The molecule has 0 saturated carbocycles. The zero-order valence-electron chi connectivity index (χ0n) is 5.32. The van der Waals surface area contributed by atoms with Crippen molar-refractivity contribution in [2.24, 2.45) is 0 Å². The van der Waals surface area contributed by atoms with Gasteiger partial charge >= 0.3 is 0 Å². The molecule has 0 radical (unpaired) electrons. The van der Waals surface area contributed by atoms with Gasteiger partial charge < -0.3 is 0 Å². The summed E-state index contributed by atoms with van der Waals surface area (Å²) in [5, 5.41) is 3.66. The smallest absolute Gasteiger partial charge is 0.251 e. The second-order valence-electron chi connectivity index (χ2n) is 2.20. The maximum atomic E-state index is 6.14. The van der Waals surface area contributed by atoms with E-state index in [1.165, 1.54) is 0 Å². The van der Waals surface area contributed by atoms with Gasteiger partial charge in [0.25, 0.3) is 1.43 Å². The van der Waals surface area contributed by atoms with E-state index >= 15 is 0 Å². The largest absolute Gasteiger partial charge is 0.255 e. The highest BCUT2D eigenvalue weighted by Gasteiger charge is 2.06. The van der Waals surface area contributed by atoms with E-state index in [2.05, 4.69) is 10.1 Å². The topological polar surface area (TPSA) is 29.5 Å². The molecule has 0 atom stereocenters. The summed E-state index contributed by atoms with van der Waals surface area (Å²) in [6, 6.07) is 0. The molecule has 2 nitrogen and oxygen atoms in total. The van der Waals surface area contributed by atoms with Crippen LogP contribution in [0.3, 0.4) is 0 Å². The SMILES string of the molecule is [3H]OOC(C)(C)C. The lowest BCUT2D eigenvalue weighted by Gasteiger charge is -2.10. The van der Waals surface area contributed by atoms with Gasteiger partial charge in [-0.25, -0.2) is 4.89 Å². The lowest BCUT2D eigenvalue weighted by Crippen LogP contribution is -2.15. The summed E-state index contributed by atoms with van der Waals surface area (Å²) in [6.45, 7) is 5.42. The molecule has 0 fully saturated rings. The van der Waals surface area contributed by atoms with Crippen molar-refractivity contribution in [2.75, 3.05) is 0 Å². The summed E-state index contributed by atoms with van der Waals surface area (Å²) in [4.78, 5) is 4.40. The number of hydrogen-bond donors (Lipinski definition) is 1. The van der Waals surface area contributed by atoms with E-state index in [4.69, 9.17) is 1.43 Å². The minimum atomic E-state index is -0.359. The van der Waals surface area contributed by atoms with Gasteiger partial charge in [0.1, 0.15) is 0 Å². The first kappa shape index (κ1) is 4.09. The Labute approximate surface area is 39.2 Å². The van der Waals surface area contributed by atoms with Gasteiger partial charge in [0.15, 0.2) is 0 Å². The molecule has 6 heavy (non-hydrogen) atoms. The molecule has 0 rings (SSSR count). The molecular formula is C4H10O2. The predicted octanol–water partition coefficient (Wildman–Crippen LogP) is 1.27. The molecule has 0 amide bonds. The van der Waals surface area contributed by atoms with Crippen LogP contribution in [0.15, 0.2) is 0 Å². The van der Waals surface area contributed by atoms with Crippen molar-refractivity contribution in [2.45, 2.75) is 26.4 Å². The van der Waals surface area contributed by atoms with Crippen molar-refractivity contribution in [3.8, 4) is 0 Å². The van der Waals surface area contributed by atoms with Gasteiger partial charge in [0, 0.05) is 0 Å². The highest BCUT2D eigenvalue weighted by Crippen LogP contribution is 2.01. The molecule has 1 N–H and O–H groups in total. The van der Waals surface area contributed by atoms with Crippen molar-refractivity contribution >= 4 is 0 Å². The van der Waals surface area contributed by atoms with Gasteiger partial charge in [0.05, 0.1) is 5.60 Å². The van der Waals surface area contributed by atoms with Crippen LogP contribution in [0, 0.1) is 0 Å². The first-order valence-electron chi connectivity index (χ1n) is 2.28. The second-order valence-corrected chi connectivity index (χ2v) is 2.20. The van der Waals surface area contributed by atoms with Crippen LogP contribution < -0.4 is 0 Å². The van der Waals surface area contributed by atoms with Crippen molar-refractivity contribution in [1.82, 2.24) is 0 Å². The highest BCUT2D eigenvalue weighted by molar-refractivity contribution is 4.53. The molecule has 0 saturated heterocycles. The van der Waals surface area contributed by atoms with Crippen LogP contribution >= 0.6 is 0 Å². The average molecular weight is 92.1 g/mol. The van der Waals surface area contributed by atoms with Crippen LogP contribution in [0.5, 0.6) is 0 Å². The van der Waals surface area contributed by atoms with Crippen LogP contribution in [0.1, 0.15) is 20.8 Å². The Kier molecular flexibility index (Phi) is 1.08. The Morgan fingerprint density at radius 2 is 2.17 bits per heavy atom. The summed E-state index contributed by atoms with van der Waals surface area (Å²) in [6.07, 6.45) is 0. The maximum Gasteiger partial charge on any atom is 0.255 e. The Balaban J connectivity index is 3.15. The first-order chi connectivity index (χ1) is 3.06. The van der Waals surface area contributed by atoms with E-state index in [0.29, 0.717) is 0 Å². The van der Waals surface area contributed by atoms with Crippen LogP contribution in [-0.2, 0) is 4.89 Å². The molecule has 0 aromatic carbocycles. The van der Waals surface area contributed by atoms with Crippen LogP contribution in [-0.4, -0.2) is 10.9 Å². The van der Waals surface area contributed by atoms with E-state index < -0.39 is 0 Å². The Morgan fingerprint density at radius 3 is 2.17 bits per heavy atom. The van der Waals surface area contributed by atoms with E-state index in [1.54, 1.807) is 0 Å². The molecule has 0 unspecified atom stereocenters. The summed E-state index contributed by atoms with van der Waals surface area (Å²) < 4.78 is 6.14. The minimum Gasteiger partial charge on any atom is -0.251 e. The molecule has 0 aliphatic carbocycles. The van der Waals surface area contributed by atoms with Crippen molar-refractivity contribution < 1.29 is 10.1 Å². The molecule has 0 aromatic heterocycles. The fourth-order valence-corrected chi connectivity index (χ4v) is 0. The van der Waals surface area contributed by atoms with E-state index in [1.807, 2.05) is 20.8 Å². The van der Waals surface area contributed by atoms with Crippen LogP contribution in [0.4, 0.5) is 0 Å². The van der Waals surface area contributed by atoms with Crippen molar-refractivity contribution in [3.63, 3.8) is 0 Å². The average Bonchev–Trinajstić information content (AvgIpc) is 1.30. The molecule has 0 spiro atoms. The Morgan fingerprint density at radius 1 is 1.67 bits per heavy atom. The van der Waals surface area contributed by atoms with E-state index in [9.17, 15) is 0 Å². The van der Waals surface area contributed by atoms with Gasteiger partial charge in [0.2, 0.25) is 0 Å². The maximum absolute atomic E-state index is 6.14. The highest BCUT2D eigenvalue weighted by atomic mass is 17.1. The Bertz CT molecular complexity index is 48.1. The van der Waals surface area contributed by atoms with E-state index in [-0.39, 0.29) is 5.60 Å². The minimum absolute atomic E-state index is 0.359.